The monoisotopic (exact) mass is 471 g/mol. The van der Waals surface area contributed by atoms with Crippen LogP contribution in [0.15, 0.2) is 36.5 Å². The molecule has 0 amide bonds. The molecule has 0 spiro atoms. The van der Waals surface area contributed by atoms with Crippen LogP contribution in [0.2, 0.25) is 0 Å². The number of rotatable bonds is 5. The third-order valence-electron chi connectivity index (χ3n) is 3.99. The first-order chi connectivity index (χ1) is 15.2. The second-order valence-corrected chi connectivity index (χ2v) is 8.18. The Balaban J connectivity index is 2.02. The van der Waals surface area contributed by atoms with Crippen LogP contribution in [0.25, 0.3) is 11.5 Å². The Morgan fingerprint density at radius 1 is 0.788 bits per heavy atom. The Hall–Kier alpha value is -3.51. The zero-order valence-electron chi connectivity index (χ0n) is 17.7. The van der Waals surface area contributed by atoms with Gasteiger partial charge in [-0.3, -0.25) is 4.98 Å². The molecule has 7 nitrogen and oxygen atoms in total. The van der Waals surface area contributed by atoms with E-state index in [0.29, 0.717) is 6.54 Å². The molecule has 176 valence electrons. The quantitative estimate of drug-likeness (QED) is 0.471. The van der Waals surface area contributed by atoms with Crippen LogP contribution in [0.4, 0.5) is 43.9 Å². The van der Waals surface area contributed by atoms with Crippen LogP contribution in [0, 0.1) is 5.41 Å². The highest BCUT2D eigenvalue weighted by atomic mass is 19.4. The second kappa shape index (κ2) is 8.79. The molecule has 3 rings (SSSR count). The van der Waals surface area contributed by atoms with E-state index in [1.54, 1.807) is 0 Å². The number of hydrogen-bond donors (Lipinski definition) is 2. The Kier molecular flexibility index (Phi) is 6.43. The van der Waals surface area contributed by atoms with Gasteiger partial charge in [-0.05, 0) is 29.7 Å². The first-order valence-electron chi connectivity index (χ1n) is 9.56. The molecule has 0 radical (unpaired) electrons. The summed E-state index contributed by atoms with van der Waals surface area (Å²) in [6, 6.07) is 5.27. The van der Waals surface area contributed by atoms with E-state index in [4.69, 9.17) is 0 Å². The van der Waals surface area contributed by atoms with Crippen LogP contribution < -0.4 is 10.6 Å². The largest absolute Gasteiger partial charge is 0.433 e. The van der Waals surface area contributed by atoms with Gasteiger partial charge in [0.1, 0.15) is 17.1 Å². The maximum Gasteiger partial charge on any atom is 0.433 e. The third kappa shape index (κ3) is 6.73. The summed E-state index contributed by atoms with van der Waals surface area (Å²) in [4.78, 5) is 19.2. The summed E-state index contributed by atoms with van der Waals surface area (Å²) in [6.45, 7) is 6.21. The highest BCUT2D eigenvalue weighted by Gasteiger charge is 2.33. The van der Waals surface area contributed by atoms with E-state index in [0.717, 1.165) is 24.4 Å². The minimum Gasteiger partial charge on any atom is -0.354 e. The van der Waals surface area contributed by atoms with E-state index in [9.17, 15) is 26.3 Å². The van der Waals surface area contributed by atoms with Gasteiger partial charge in [-0.25, -0.2) is 4.98 Å². The first-order valence-corrected chi connectivity index (χ1v) is 9.56. The molecule has 2 N–H and O–H groups in total. The highest BCUT2D eigenvalue weighted by Crippen LogP contribution is 2.31. The summed E-state index contributed by atoms with van der Waals surface area (Å²) in [5.41, 5.74) is -2.66. The van der Waals surface area contributed by atoms with Crippen molar-refractivity contribution in [3.05, 3.63) is 47.9 Å². The average Bonchev–Trinajstić information content (AvgIpc) is 2.71. The summed E-state index contributed by atoms with van der Waals surface area (Å²) in [5, 5.41) is 5.57. The topological polar surface area (TPSA) is 88.5 Å². The SMILES string of the molecule is CC(C)(C)CNc1nc(Nc2ccnc(C(F)(F)F)c2)nc(-c2cccc(C(F)(F)F)n2)n1. The van der Waals surface area contributed by atoms with Gasteiger partial charge in [-0.15, -0.1) is 0 Å². The predicted molar refractivity (Wildman–Crippen MR) is 109 cm³/mol. The van der Waals surface area contributed by atoms with Crippen molar-refractivity contribution in [1.29, 1.82) is 0 Å². The predicted octanol–water partition coefficient (Wildman–Crippen LogP) is 5.57. The standard InChI is InChI=1S/C20H19F6N7/c1-18(2,3)10-28-16-31-15(12-5-4-6-13(30-12)19(21,22)23)32-17(33-16)29-11-7-8-27-14(9-11)20(24,25)26/h4-9H,10H2,1-3H3,(H2,27,28,29,31,32,33). The van der Waals surface area contributed by atoms with Crippen molar-refractivity contribution in [2.45, 2.75) is 33.1 Å². The van der Waals surface area contributed by atoms with Gasteiger partial charge in [0.2, 0.25) is 11.9 Å². The number of alkyl halides is 6. The molecule has 0 aliphatic rings. The number of nitrogens with one attached hydrogen (secondary N) is 2. The van der Waals surface area contributed by atoms with Crippen LogP contribution in [0.5, 0.6) is 0 Å². The summed E-state index contributed by atoms with van der Waals surface area (Å²) in [5.74, 6) is -0.364. The average molecular weight is 471 g/mol. The molecular formula is C20H19F6N7. The lowest BCUT2D eigenvalue weighted by Gasteiger charge is -2.19. The van der Waals surface area contributed by atoms with Gasteiger partial charge >= 0.3 is 12.4 Å². The van der Waals surface area contributed by atoms with Gasteiger partial charge in [0.25, 0.3) is 0 Å². The van der Waals surface area contributed by atoms with Gasteiger partial charge < -0.3 is 10.6 Å². The first kappa shape index (κ1) is 24.1. The maximum atomic E-state index is 13.1. The van der Waals surface area contributed by atoms with Crippen LogP contribution in [-0.2, 0) is 12.4 Å². The van der Waals surface area contributed by atoms with E-state index in [-0.39, 0.29) is 34.5 Å². The number of halogens is 6. The number of aromatic nitrogens is 5. The van der Waals surface area contributed by atoms with Gasteiger partial charge in [0.15, 0.2) is 5.82 Å². The summed E-state index contributed by atoms with van der Waals surface area (Å²) < 4.78 is 78.1. The smallest absolute Gasteiger partial charge is 0.354 e. The fourth-order valence-corrected chi connectivity index (χ4v) is 2.48. The minimum absolute atomic E-state index is 0.0155. The lowest BCUT2D eigenvalue weighted by Crippen LogP contribution is -2.21. The zero-order valence-corrected chi connectivity index (χ0v) is 17.7. The molecule has 0 saturated heterocycles. The van der Waals surface area contributed by atoms with Crippen LogP contribution in [0.1, 0.15) is 32.2 Å². The highest BCUT2D eigenvalue weighted by molar-refractivity contribution is 5.59. The molecule has 0 aliphatic heterocycles. The van der Waals surface area contributed by atoms with Gasteiger partial charge in [-0.2, -0.15) is 41.3 Å². The van der Waals surface area contributed by atoms with Gasteiger partial charge in [0, 0.05) is 18.4 Å². The van der Waals surface area contributed by atoms with E-state index in [1.165, 1.54) is 12.1 Å². The molecule has 13 heteroatoms. The maximum absolute atomic E-state index is 13.1. The molecule has 0 aliphatic carbocycles. The summed E-state index contributed by atoms with van der Waals surface area (Å²) in [6.07, 6.45) is -8.38. The van der Waals surface area contributed by atoms with E-state index in [2.05, 4.69) is 35.6 Å². The summed E-state index contributed by atoms with van der Waals surface area (Å²) in [7, 11) is 0. The van der Waals surface area contributed by atoms with E-state index >= 15 is 0 Å². The zero-order chi connectivity index (χ0) is 24.4. The molecule has 0 bridgehead atoms. The van der Waals surface area contributed by atoms with E-state index in [1.807, 2.05) is 20.8 Å². The van der Waals surface area contributed by atoms with Crippen molar-refractivity contribution < 1.29 is 26.3 Å². The van der Waals surface area contributed by atoms with Gasteiger partial charge in [-0.1, -0.05) is 26.8 Å². The molecule has 3 aromatic heterocycles. The van der Waals surface area contributed by atoms with Crippen LogP contribution >= 0.6 is 0 Å². The number of hydrogen-bond acceptors (Lipinski definition) is 7. The van der Waals surface area contributed by atoms with Crippen molar-refractivity contribution in [3.63, 3.8) is 0 Å². The molecule has 0 saturated carbocycles. The van der Waals surface area contributed by atoms with Crippen LogP contribution in [-0.4, -0.2) is 31.5 Å². The Labute approximate surface area is 184 Å². The molecule has 3 heterocycles. The third-order valence-corrected chi connectivity index (χ3v) is 3.99. The minimum atomic E-state index is -4.68. The van der Waals surface area contributed by atoms with Crippen molar-refractivity contribution in [2.75, 3.05) is 17.2 Å². The normalized spacial score (nSPS) is 12.5. The van der Waals surface area contributed by atoms with Crippen LogP contribution in [0.3, 0.4) is 0 Å². The lowest BCUT2D eigenvalue weighted by molar-refractivity contribution is -0.141. The second-order valence-electron chi connectivity index (χ2n) is 8.18. The fourth-order valence-electron chi connectivity index (χ4n) is 2.48. The number of anilines is 3. The molecule has 0 unspecified atom stereocenters. The molecule has 0 fully saturated rings. The van der Waals surface area contributed by atoms with Crippen molar-refractivity contribution in [1.82, 2.24) is 24.9 Å². The Bertz CT molecular complexity index is 1120. The number of nitrogens with zero attached hydrogens (tertiary/aromatic N) is 5. The molecule has 33 heavy (non-hydrogen) atoms. The Morgan fingerprint density at radius 2 is 1.45 bits per heavy atom. The van der Waals surface area contributed by atoms with Crippen molar-refractivity contribution >= 4 is 17.6 Å². The molecule has 0 atom stereocenters. The van der Waals surface area contributed by atoms with Gasteiger partial charge in [0.05, 0.1) is 0 Å². The lowest BCUT2D eigenvalue weighted by atomic mass is 9.97. The van der Waals surface area contributed by atoms with Crippen molar-refractivity contribution in [2.24, 2.45) is 5.41 Å². The molecule has 3 aromatic rings. The molecular weight excluding hydrogens is 452 g/mol. The fraction of sp³-hybridized carbons (Fsp3) is 0.350. The summed E-state index contributed by atoms with van der Waals surface area (Å²) >= 11 is 0. The Morgan fingerprint density at radius 3 is 2.09 bits per heavy atom. The molecule has 0 aromatic carbocycles. The number of pyridine rings is 2. The van der Waals surface area contributed by atoms with Crippen molar-refractivity contribution in [3.8, 4) is 11.5 Å². The van der Waals surface area contributed by atoms with E-state index < -0.39 is 23.7 Å².